The van der Waals surface area contributed by atoms with Gasteiger partial charge in [-0.25, -0.2) is 0 Å². The molecule has 2 bridgehead atoms. The van der Waals surface area contributed by atoms with Crippen LogP contribution in [0.3, 0.4) is 0 Å². The molecule has 0 unspecified atom stereocenters. The van der Waals surface area contributed by atoms with Gasteiger partial charge in [-0.3, -0.25) is 9.59 Å². The Morgan fingerprint density at radius 3 is 2.41 bits per heavy atom. The maximum atomic E-state index is 12.7. The van der Waals surface area contributed by atoms with Crippen LogP contribution in [0.2, 0.25) is 0 Å². The molecule has 0 aromatic heterocycles. The first-order valence-corrected chi connectivity index (χ1v) is 7.80. The minimum Gasteiger partial charge on any atom is -0.481 e. The molecule has 0 aliphatic heterocycles. The number of carbonyl (C=O) groups excluding carboxylic acids is 1. The highest BCUT2D eigenvalue weighted by Crippen LogP contribution is 2.48. The number of amides is 1. The molecule has 0 heterocycles. The summed E-state index contributed by atoms with van der Waals surface area (Å²) in [4.78, 5) is 24.2. The van der Waals surface area contributed by atoms with E-state index in [2.05, 4.69) is 19.2 Å². The lowest BCUT2D eigenvalue weighted by molar-refractivity contribution is -0.146. The van der Waals surface area contributed by atoms with Crippen LogP contribution in [-0.4, -0.2) is 17.0 Å². The van der Waals surface area contributed by atoms with Crippen molar-refractivity contribution in [2.45, 2.75) is 26.2 Å². The molecule has 2 aliphatic rings. The number of rotatable bonds is 4. The van der Waals surface area contributed by atoms with Gasteiger partial charge in [-0.15, -0.1) is 0 Å². The summed E-state index contributed by atoms with van der Waals surface area (Å²) >= 11 is 0. The van der Waals surface area contributed by atoms with E-state index < -0.39 is 17.8 Å². The molecule has 0 spiro atoms. The maximum Gasteiger partial charge on any atom is 0.307 e. The van der Waals surface area contributed by atoms with Crippen molar-refractivity contribution in [1.82, 2.24) is 0 Å². The summed E-state index contributed by atoms with van der Waals surface area (Å²) in [7, 11) is 0. The molecule has 4 atom stereocenters. The Morgan fingerprint density at radius 2 is 1.77 bits per heavy atom. The molecule has 1 aromatic rings. The van der Waals surface area contributed by atoms with E-state index in [1.807, 2.05) is 36.4 Å². The van der Waals surface area contributed by atoms with Crippen LogP contribution >= 0.6 is 0 Å². The first-order valence-electron chi connectivity index (χ1n) is 7.80. The second kappa shape index (κ2) is 5.59. The summed E-state index contributed by atoms with van der Waals surface area (Å²) in [6, 6.07) is 7.71. The number of allylic oxidation sites excluding steroid dienone is 2. The third-order valence-corrected chi connectivity index (χ3v) is 4.89. The number of carboxylic acid groups (broad SMARTS) is 1. The van der Waals surface area contributed by atoms with Crippen LogP contribution in [0.1, 0.15) is 31.7 Å². The molecule has 1 amide bonds. The van der Waals surface area contributed by atoms with Gasteiger partial charge in [0.25, 0.3) is 0 Å². The first-order chi connectivity index (χ1) is 10.5. The number of anilines is 1. The van der Waals surface area contributed by atoms with Crippen molar-refractivity contribution < 1.29 is 14.7 Å². The third-order valence-electron chi connectivity index (χ3n) is 4.89. The summed E-state index contributed by atoms with van der Waals surface area (Å²) in [5.41, 5.74) is 1.86. The van der Waals surface area contributed by atoms with Crippen LogP contribution in [0, 0.1) is 23.7 Å². The van der Waals surface area contributed by atoms with Crippen LogP contribution < -0.4 is 5.32 Å². The van der Waals surface area contributed by atoms with Gasteiger partial charge in [0, 0.05) is 5.69 Å². The Hall–Kier alpha value is -2.10. The predicted molar refractivity (Wildman–Crippen MR) is 84.5 cm³/mol. The van der Waals surface area contributed by atoms with E-state index in [-0.39, 0.29) is 17.7 Å². The molecule has 1 fully saturated rings. The van der Waals surface area contributed by atoms with E-state index in [4.69, 9.17) is 0 Å². The topological polar surface area (TPSA) is 66.4 Å². The molecule has 0 saturated heterocycles. The average Bonchev–Trinajstić information content (AvgIpc) is 3.08. The lowest BCUT2D eigenvalue weighted by Gasteiger charge is -2.24. The summed E-state index contributed by atoms with van der Waals surface area (Å²) in [5, 5.41) is 12.4. The van der Waals surface area contributed by atoms with Crippen LogP contribution in [0.15, 0.2) is 36.4 Å². The highest BCUT2D eigenvalue weighted by atomic mass is 16.4. The van der Waals surface area contributed by atoms with E-state index in [9.17, 15) is 14.7 Å². The molecule has 1 aromatic carbocycles. The van der Waals surface area contributed by atoms with Crippen molar-refractivity contribution in [3.63, 3.8) is 0 Å². The third kappa shape index (κ3) is 2.43. The number of para-hydroxylation sites is 1. The molecule has 4 nitrogen and oxygen atoms in total. The molecular weight excluding hydrogens is 278 g/mol. The predicted octanol–water partition coefficient (Wildman–Crippen LogP) is 3.27. The monoisotopic (exact) mass is 299 g/mol. The quantitative estimate of drug-likeness (QED) is 0.839. The van der Waals surface area contributed by atoms with Crippen molar-refractivity contribution in [2.75, 3.05) is 5.32 Å². The van der Waals surface area contributed by atoms with Crippen molar-refractivity contribution in [2.24, 2.45) is 23.7 Å². The van der Waals surface area contributed by atoms with Crippen LogP contribution in [0.4, 0.5) is 5.69 Å². The zero-order valence-electron chi connectivity index (χ0n) is 12.8. The smallest absolute Gasteiger partial charge is 0.307 e. The van der Waals surface area contributed by atoms with Gasteiger partial charge in [-0.2, -0.15) is 0 Å². The van der Waals surface area contributed by atoms with Gasteiger partial charge in [0.1, 0.15) is 0 Å². The molecule has 4 heteroatoms. The van der Waals surface area contributed by atoms with Crippen molar-refractivity contribution in [3.8, 4) is 0 Å². The van der Waals surface area contributed by atoms with E-state index in [0.717, 1.165) is 17.7 Å². The Kier molecular flexibility index (Phi) is 3.77. The van der Waals surface area contributed by atoms with Gasteiger partial charge >= 0.3 is 5.97 Å². The molecule has 3 rings (SSSR count). The fourth-order valence-electron chi connectivity index (χ4n) is 3.85. The molecule has 2 aliphatic carbocycles. The Balaban J connectivity index is 1.83. The summed E-state index contributed by atoms with van der Waals surface area (Å²) < 4.78 is 0. The molecular formula is C18H21NO3. The number of hydrogen-bond acceptors (Lipinski definition) is 2. The second-order valence-corrected chi connectivity index (χ2v) is 6.57. The zero-order valence-corrected chi connectivity index (χ0v) is 12.8. The van der Waals surface area contributed by atoms with Gasteiger partial charge in [0.05, 0.1) is 11.8 Å². The second-order valence-electron chi connectivity index (χ2n) is 6.57. The van der Waals surface area contributed by atoms with Gasteiger partial charge in [-0.1, -0.05) is 44.2 Å². The van der Waals surface area contributed by atoms with Crippen LogP contribution in [0.5, 0.6) is 0 Å². The lowest BCUT2D eigenvalue weighted by Crippen LogP contribution is -2.36. The highest BCUT2D eigenvalue weighted by molar-refractivity contribution is 5.97. The number of hydrogen-bond donors (Lipinski definition) is 2. The minimum absolute atomic E-state index is 0.00130. The average molecular weight is 299 g/mol. The largest absolute Gasteiger partial charge is 0.481 e. The number of nitrogens with one attached hydrogen (secondary N) is 1. The number of carboxylic acids is 1. The van der Waals surface area contributed by atoms with Crippen LogP contribution in [0.25, 0.3) is 0 Å². The number of benzene rings is 1. The van der Waals surface area contributed by atoms with Crippen molar-refractivity contribution >= 4 is 17.6 Å². The van der Waals surface area contributed by atoms with E-state index in [0.29, 0.717) is 5.92 Å². The normalized spacial score (nSPS) is 29.0. The Bertz CT molecular complexity index is 635. The Morgan fingerprint density at radius 1 is 1.14 bits per heavy atom. The fourth-order valence-corrected chi connectivity index (χ4v) is 3.85. The zero-order chi connectivity index (χ0) is 15.9. The first kappa shape index (κ1) is 14.8. The van der Waals surface area contributed by atoms with E-state index >= 15 is 0 Å². The molecule has 1 saturated carbocycles. The highest BCUT2D eigenvalue weighted by Gasteiger charge is 2.51. The maximum absolute atomic E-state index is 12.7. The summed E-state index contributed by atoms with van der Waals surface area (Å²) in [5.74, 6) is -1.75. The van der Waals surface area contributed by atoms with Gasteiger partial charge in [0.15, 0.2) is 0 Å². The summed E-state index contributed by atoms with van der Waals surface area (Å²) in [6.45, 7) is 4.15. The van der Waals surface area contributed by atoms with E-state index in [1.54, 1.807) is 0 Å². The number of carbonyl (C=O) groups is 2. The molecule has 116 valence electrons. The number of aliphatic carboxylic acids is 1. The van der Waals surface area contributed by atoms with Gasteiger partial charge in [-0.05, 0) is 35.8 Å². The molecule has 2 N–H and O–H groups in total. The SMILES string of the molecule is CC(C)c1ccccc1NC(=O)[C@@H]1[C@H](C(=O)O)[C@H]2C=C[C@H]1C2. The summed E-state index contributed by atoms with van der Waals surface area (Å²) in [6.07, 6.45) is 4.74. The van der Waals surface area contributed by atoms with Crippen molar-refractivity contribution in [3.05, 3.63) is 42.0 Å². The fraction of sp³-hybridized carbons (Fsp3) is 0.444. The van der Waals surface area contributed by atoms with Gasteiger partial charge in [0.2, 0.25) is 5.91 Å². The van der Waals surface area contributed by atoms with Crippen molar-refractivity contribution in [1.29, 1.82) is 0 Å². The lowest BCUT2D eigenvalue weighted by atomic mass is 9.82. The van der Waals surface area contributed by atoms with E-state index in [1.165, 1.54) is 0 Å². The minimum atomic E-state index is -0.867. The van der Waals surface area contributed by atoms with Gasteiger partial charge < -0.3 is 10.4 Å². The molecule has 22 heavy (non-hydrogen) atoms. The van der Waals surface area contributed by atoms with Crippen LogP contribution in [-0.2, 0) is 9.59 Å². The molecule has 0 radical (unpaired) electrons. The Labute approximate surface area is 130 Å². The number of fused-ring (bicyclic) bond motifs is 2. The standard InChI is InChI=1S/C18H21NO3/c1-10(2)13-5-3-4-6-14(13)19-17(20)15-11-7-8-12(9-11)16(15)18(21)22/h3-8,10-12,15-16H,9H2,1-2H3,(H,19,20)(H,21,22)/t11-,12-,15-,16+/m0/s1.